The predicted molar refractivity (Wildman–Crippen MR) is 93.3 cm³/mol. The van der Waals surface area contributed by atoms with Gasteiger partial charge in [0.1, 0.15) is 10.5 Å². The number of hydrogen-bond donors (Lipinski definition) is 2. The molecule has 0 bridgehead atoms. The van der Waals surface area contributed by atoms with Gasteiger partial charge in [0.05, 0.1) is 5.41 Å². The summed E-state index contributed by atoms with van der Waals surface area (Å²) in [5.74, 6) is -0.706. The molecule has 2 fully saturated rings. The van der Waals surface area contributed by atoms with Crippen molar-refractivity contribution < 1.29 is 14.7 Å². The molecule has 1 saturated carbocycles. The molecule has 7 nitrogen and oxygen atoms in total. The number of fused-ring (bicyclic) bond motifs is 1. The number of carboxylic acids is 1. The van der Waals surface area contributed by atoms with Crippen LogP contribution < -0.4 is 5.32 Å². The summed E-state index contributed by atoms with van der Waals surface area (Å²) in [6.07, 6.45) is 2.47. The van der Waals surface area contributed by atoms with Crippen LogP contribution in [0.2, 0.25) is 0 Å². The van der Waals surface area contributed by atoms with Crippen LogP contribution >= 0.6 is 11.3 Å². The molecule has 1 saturated heterocycles. The molecular weight excluding hydrogens is 340 g/mol. The lowest BCUT2D eigenvalue weighted by molar-refractivity contribution is -0.149. The molecule has 25 heavy (non-hydrogen) atoms. The third-order valence-electron chi connectivity index (χ3n) is 5.33. The quantitative estimate of drug-likeness (QED) is 0.879. The molecule has 8 heteroatoms. The number of rotatable bonds is 3. The first-order chi connectivity index (χ1) is 12.1. The number of aliphatic carboxylic acids is 1. The van der Waals surface area contributed by atoms with Crippen LogP contribution in [0.5, 0.6) is 0 Å². The minimum absolute atomic E-state index is 0.0653. The standard InChI is InChI=1S/C17H18N4O3S/c22-15(23)17-7-1-2-12(17)8-21(9-17)16(24)19-13-5-3-11(4-6-13)14-20-18-10-25-14/h3-6,10,12H,1-2,7-9H2,(H,19,24)(H,22,23)/t12-,17+/m0/s1. The van der Waals surface area contributed by atoms with Crippen molar-refractivity contribution in [2.45, 2.75) is 19.3 Å². The zero-order valence-electron chi connectivity index (χ0n) is 13.5. The topological polar surface area (TPSA) is 95.4 Å². The predicted octanol–water partition coefficient (Wildman–Crippen LogP) is 2.92. The van der Waals surface area contributed by atoms with E-state index in [0.717, 1.165) is 23.4 Å². The molecule has 4 rings (SSSR count). The second-order valence-corrected chi connectivity index (χ2v) is 7.52. The van der Waals surface area contributed by atoms with Gasteiger partial charge in [0, 0.05) is 24.3 Å². The van der Waals surface area contributed by atoms with Crippen LogP contribution in [-0.4, -0.2) is 45.3 Å². The molecule has 0 spiro atoms. The van der Waals surface area contributed by atoms with Crippen molar-refractivity contribution in [3.63, 3.8) is 0 Å². The van der Waals surface area contributed by atoms with Gasteiger partial charge in [-0.15, -0.1) is 10.2 Å². The minimum Gasteiger partial charge on any atom is -0.481 e. The third-order valence-corrected chi connectivity index (χ3v) is 6.07. The maximum Gasteiger partial charge on any atom is 0.321 e. The van der Waals surface area contributed by atoms with Gasteiger partial charge in [0.2, 0.25) is 0 Å². The summed E-state index contributed by atoms with van der Waals surface area (Å²) >= 11 is 1.45. The van der Waals surface area contributed by atoms with Crippen molar-refractivity contribution in [3.05, 3.63) is 29.8 Å². The van der Waals surface area contributed by atoms with E-state index in [1.54, 1.807) is 10.4 Å². The molecule has 1 aromatic carbocycles. The second-order valence-electron chi connectivity index (χ2n) is 6.68. The number of likely N-dealkylation sites (tertiary alicyclic amines) is 1. The lowest BCUT2D eigenvalue weighted by Crippen LogP contribution is -2.38. The van der Waals surface area contributed by atoms with E-state index in [0.29, 0.717) is 25.2 Å². The summed E-state index contributed by atoms with van der Waals surface area (Å²) in [5.41, 5.74) is 2.55. The van der Waals surface area contributed by atoms with Gasteiger partial charge in [-0.1, -0.05) is 17.8 Å². The Morgan fingerprint density at radius 3 is 2.76 bits per heavy atom. The first-order valence-corrected chi connectivity index (χ1v) is 9.12. The van der Waals surface area contributed by atoms with E-state index in [4.69, 9.17) is 0 Å². The van der Waals surface area contributed by atoms with E-state index in [1.165, 1.54) is 11.3 Å². The summed E-state index contributed by atoms with van der Waals surface area (Å²) in [6, 6.07) is 7.16. The number of benzene rings is 1. The number of aromatic nitrogens is 2. The van der Waals surface area contributed by atoms with Crippen LogP contribution in [0.4, 0.5) is 10.5 Å². The summed E-state index contributed by atoms with van der Waals surface area (Å²) in [7, 11) is 0. The third kappa shape index (κ3) is 2.76. The summed E-state index contributed by atoms with van der Waals surface area (Å²) in [6.45, 7) is 0.808. The van der Waals surface area contributed by atoms with Gasteiger partial charge in [-0.25, -0.2) is 4.79 Å². The number of amides is 2. The second kappa shape index (κ2) is 6.11. The molecule has 1 aliphatic heterocycles. The normalized spacial score (nSPS) is 25.0. The number of carbonyl (C=O) groups excluding carboxylic acids is 1. The highest BCUT2D eigenvalue weighted by Gasteiger charge is 2.55. The van der Waals surface area contributed by atoms with E-state index in [9.17, 15) is 14.7 Å². The molecule has 130 valence electrons. The Morgan fingerprint density at radius 2 is 2.12 bits per heavy atom. The zero-order valence-corrected chi connectivity index (χ0v) is 14.3. The molecule has 1 aromatic heterocycles. The Hall–Kier alpha value is -2.48. The van der Waals surface area contributed by atoms with Crippen molar-refractivity contribution in [1.29, 1.82) is 0 Å². The van der Waals surface area contributed by atoms with Crippen LogP contribution in [0.25, 0.3) is 10.6 Å². The molecule has 2 amide bonds. The molecule has 0 radical (unpaired) electrons. The smallest absolute Gasteiger partial charge is 0.321 e. The summed E-state index contributed by atoms with van der Waals surface area (Å²) in [4.78, 5) is 25.9. The highest BCUT2D eigenvalue weighted by Crippen LogP contribution is 2.48. The van der Waals surface area contributed by atoms with Gasteiger partial charge in [-0.05, 0) is 43.0 Å². The monoisotopic (exact) mass is 358 g/mol. The van der Waals surface area contributed by atoms with Gasteiger partial charge in [-0.3, -0.25) is 4.79 Å². The molecule has 2 heterocycles. The Morgan fingerprint density at radius 1 is 1.32 bits per heavy atom. The van der Waals surface area contributed by atoms with Crippen LogP contribution in [0.3, 0.4) is 0 Å². The van der Waals surface area contributed by atoms with Gasteiger partial charge in [0.15, 0.2) is 0 Å². The summed E-state index contributed by atoms with van der Waals surface area (Å²) in [5, 5.41) is 21.1. The molecule has 2 atom stereocenters. The molecule has 2 N–H and O–H groups in total. The molecule has 2 aromatic rings. The van der Waals surface area contributed by atoms with Crippen molar-refractivity contribution in [2.75, 3.05) is 18.4 Å². The Balaban J connectivity index is 1.43. The fourth-order valence-corrected chi connectivity index (χ4v) is 4.55. The van der Waals surface area contributed by atoms with Gasteiger partial charge in [0.25, 0.3) is 0 Å². The van der Waals surface area contributed by atoms with Crippen molar-refractivity contribution in [3.8, 4) is 10.6 Å². The maximum absolute atomic E-state index is 12.5. The van der Waals surface area contributed by atoms with E-state index in [1.807, 2.05) is 24.3 Å². The first-order valence-electron chi connectivity index (χ1n) is 8.24. The van der Waals surface area contributed by atoms with Crippen LogP contribution in [0.1, 0.15) is 19.3 Å². The van der Waals surface area contributed by atoms with E-state index in [2.05, 4.69) is 15.5 Å². The Bertz CT molecular complexity index is 793. The zero-order chi connectivity index (χ0) is 17.4. The number of nitrogens with one attached hydrogen (secondary N) is 1. The SMILES string of the molecule is O=C(Nc1ccc(-c2nncs2)cc1)N1C[C@@H]2CCC[C@@]2(C(=O)O)C1. The van der Waals surface area contributed by atoms with Gasteiger partial charge >= 0.3 is 12.0 Å². The number of carbonyl (C=O) groups is 2. The van der Waals surface area contributed by atoms with Crippen molar-refractivity contribution in [2.24, 2.45) is 11.3 Å². The number of hydrogen-bond acceptors (Lipinski definition) is 5. The van der Waals surface area contributed by atoms with Gasteiger partial charge in [-0.2, -0.15) is 0 Å². The van der Waals surface area contributed by atoms with Gasteiger partial charge < -0.3 is 15.3 Å². The molecular formula is C17H18N4O3S. The highest BCUT2D eigenvalue weighted by molar-refractivity contribution is 7.12. The molecule has 0 unspecified atom stereocenters. The molecule has 1 aliphatic carbocycles. The summed E-state index contributed by atoms with van der Waals surface area (Å²) < 4.78 is 0. The maximum atomic E-state index is 12.5. The van der Waals surface area contributed by atoms with Crippen LogP contribution in [-0.2, 0) is 4.79 Å². The Kier molecular flexibility index (Phi) is 3.91. The lowest BCUT2D eigenvalue weighted by Gasteiger charge is -2.23. The number of anilines is 1. The fraction of sp³-hybridized carbons (Fsp3) is 0.412. The Labute approximate surface area is 148 Å². The van der Waals surface area contributed by atoms with Crippen LogP contribution in [0.15, 0.2) is 29.8 Å². The van der Waals surface area contributed by atoms with E-state index in [-0.39, 0.29) is 11.9 Å². The largest absolute Gasteiger partial charge is 0.481 e. The van der Waals surface area contributed by atoms with E-state index >= 15 is 0 Å². The minimum atomic E-state index is -0.772. The average Bonchev–Trinajstić information content (AvgIpc) is 3.31. The molecule has 2 aliphatic rings. The lowest BCUT2D eigenvalue weighted by atomic mass is 9.81. The number of carboxylic acid groups (broad SMARTS) is 1. The number of urea groups is 1. The average molecular weight is 358 g/mol. The van der Waals surface area contributed by atoms with Crippen LogP contribution in [0, 0.1) is 11.3 Å². The van der Waals surface area contributed by atoms with Crippen molar-refractivity contribution >= 4 is 29.0 Å². The van der Waals surface area contributed by atoms with Crippen molar-refractivity contribution in [1.82, 2.24) is 15.1 Å². The van der Waals surface area contributed by atoms with E-state index < -0.39 is 11.4 Å². The first kappa shape index (κ1) is 16.0. The number of nitrogens with zero attached hydrogens (tertiary/aromatic N) is 3. The fourth-order valence-electron chi connectivity index (χ4n) is 3.99. The highest BCUT2D eigenvalue weighted by atomic mass is 32.1.